The smallest absolute Gasteiger partial charge is 0.265 e. The van der Waals surface area contributed by atoms with Gasteiger partial charge in [0.05, 0.1) is 25.5 Å². The number of rotatable bonds is 8. The Balaban J connectivity index is 1.85. The third-order valence-electron chi connectivity index (χ3n) is 4.42. The van der Waals surface area contributed by atoms with Crippen LogP contribution in [0.4, 0.5) is 5.69 Å². The Bertz CT molecular complexity index is 1200. The number of amides is 1. The van der Waals surface area contributed by atoms with E-state index < -0.39 is 15.9 Å². The van der Waals surface area contributed by atoms with Gasteiger partial charge in [-0.15, -0.1) is 0 Å². The fourth-order valence-corrected chi connectivity index (χ4v) is 4.37. The zero-order chi connectivity index (χ0) is 22.4. The molecule has 3 aromatic rings. The lowest BCUT2D eigenvalue weighted by Gasteiger charge is -2.15. The quantitative estimate of drug-likeness (QED) is 0.528. The van der Waals surface area contributed by atoms with Crippen molar-refractivity contribution in [2.24, 2.45) is 0 Å². The summed E-state index contributed by atoms with van der Waals surface area (Å²) in [6, 6.07) is 17.9. The zero-order valence-corrected chi connectivity index (χ0v) is 18.5. The van der Waals surface area contributed by atoms with Crippen molar-refractivity contribution in [1.82, 2.24) is 5.32 Å². The van der Waals surface area contributed by atoms with E-state index in [9.17, 15) is 13.2 Å². The van der Waals surface area contributed by atoms with Crippen molar-refractivity contribution in [1.29, 1.82) is 0 Å². The monoisotopic (exact) mass is 460 g/mol. The number of carbonyl (C=O) groups is 1. The summed E-state index contributed by atoms with van der Waals surface area (Å²) in [7, 11) is -1.26. The predicted octanol–water partition coefficient (Wildman–Crippen LogP) is 4.09. The van der Waals surface area contributed by atoms with Gasteiger partial charge in [0, 0.05) is 17.6 Å². The van der Waals surface area contributed by atoms with Crippen LogP contribution in [0.2, 0.25) is 5.02 Å². The van der Waals surface area contributed by atoms with E-state index in [1.807, 2.05) is 6.07 Å². The molecule has 1 amide bonds. The van der Waals surface area contributed by atoms with Crippen LogP contribution in [-0.4, -0.2) is 28.5 Å². The van der Waals surface area contributed by atoms with Gasteiger partial charge in [0.2, 0.25) is 0 Å². The number of carbonyl (C=O) groups excluding carboxylic acids is 1. The molecule has 3 rings (SSSR count). The molecule has 0 saturated heterocycles. The minimum absolute atomic E-state index is 0.108. The van der Waals surface area contributed by atoms with Crippen LogP contribution in [-0.2, 0) is 16.6 Å². The van der Waals surface area contributed by atoms with E-state index in [2.05, 4.69) is 10.0 Å². The fourth-order valence-electron chi connectivity index (χ4n) is 2.89. The van der Waals surface area contributed by atoms with Crippen LogP contribution >= 0.6 is 11.6 Å². The van der Waals surface area contributed by atoms with Crippen LogP contribution in [0.25, 0.3) is 0 Å². The van der Waals surface area contributed by atoms with Crippen molar-refractivity contribution in [2.75, 3.05) is 18.9 Å². The largest absolute Gasteiger partial charge is 0.497 e. The average Bonchev–Trinajstić information content (AvgIpc) is 2.77. The van der Waals surface area contributed by atoms with Crippen molar-refractivity contribution in [3.05, 3.63) is 82.9 Å². The number of hydrogen-bond donors (Lipinski definition) is 2. The molecular weight excluding hydrogens is 440 g/mol. The normalized spacial score (nSPS) is 10.9. The second-order valence-corrected chi connectivity index (χ2v) is 8.57. The molecular formula is C22H21ClN2O5S. The molecule has 0 aliphatic rings. The topological polar surface area (TPSA) is 93.7 Å². The standard InChI is InChI=1S/C22H21ClN2O5S/c1-29-17-10-11-20(30-2)21(13-17)31(27,28)25-19-9-4-3-8-18(19)22(26)24-14-15-6-5-7-16(23)12-15/h3-13,25H,14H2,1-2H3,(H,24,26). The van der Waals surface area contributed by atoms with E-state index in [0.29, 0.717) is 10.8 Å². The summed E-state index contributed by atoms with van der Waals surface area (Å²) in [5.41, 5.74) is 1.13. The molecule has 0 aliphatic heterocycles. The number of ether oxygens (including phenoxy) is 2. The van der Waals surface area contributed by atoms with E-state index in [1.54, 1.807) is 36.4 Å². The van der Waals surface area contributed by atoms with Gasteiger partial charge in [-0.1, -0.05) is 35.9 Å². The highest BCUT2D eigenvalue weighted by molar-refractivity contribution is 7.92. The fraction of sp³-hybridized carbons (Fsp3) is 0.136. The Kier molecular flexibility index (Phi) is 7.04. The number of para-hydroxylation sites is 1. The number of sulfonamides is 1. The molecule has 3 aromatic carbocycles. The highest BCUT2D eigenvalue weighted by Gasteiger charge is 2.23. The lowest BCUT2D eigenvalue weighted by molar-refractivity contribution is 0.0952. The summed E-state index contributed by atoms with van der Waals surface area (Å²) in [5.74, 6) is 0.0702. The first-order chi connectivity index (χ1) is 14.8. The molecule has 0 aliphatic carbocycles. The predicted molar refractivity (Wildman–Crippen MR) is 119 cm³/mol. The third kappa shape index (κ3) is 5.48. The number of anilines is 1. The summed E-state index contributed by atoms with van der Waals surface area (Å²) in [4.78, 5) is 12.6. The Labute approximate surface area is 186 Å². The zero-order valence-electron chi connectivity index (χ0n) is 16.9. The Hall–Kier alpha value is -3.23. The van der Waals surface area contributed by atoms with Gasteiger partial charge in [0.25, 0.3) is 15.9 Å². The highest BCUT2D eigenvalue weighted by atomic mass is 35.5. The molecule has 0 heterocycles. The molecule has 31 heavy (non-hydrogen) atoms. The van der Waals surface area contributed by atoms with Crippen molar-refractivity contribution in [3.63, 3.8) is 0 Å². The van der Waals surface area contributed by atoms with Gasteiger partial charge < -0.3 is 14.8 Å². The molecule has 9 heteroatoms. The van der Waals surface area contributed by atoms with Crippen molar-refractivity contribution >= 4 is 33.2 Å². The summed E-state index contributed by atoms with van der Waals surface area (Å²) in [6.45, 7) is 0.240. The van der Waals surface area contributed by atoms with Crippen molar-refractivity contribution in [2.45, 2.75) is 11.4 Å². The number of hydrogen-bond acceptors (Lipinski definition) is 5. The molecule has 2 N–H and O–H groups in total. The first kappa shape index (κ1) is 22.5. The van der Waals surface area contributed by atoms with E-state index in [0.717, 1.165) is 5.56 Å². The number of benzene rings is 3. The van der Waals surface area contributed by atoms with Gasteiger partial charge in [-0.2, -0.15) is 0 Å². The van der Waals surface area contributed by atoms with Gasteiger partial charge >= 0.3 is 0 Å². The molecule has 0 unspecified atom stereocenters. The molecule has 0 bridgehead atoms. The van der Waals surface area contributed by atoms with Crippen LogP contribution in [0.3, 0.4) is 0 Å². The van der Waals surface area contributed by atoms with Gasteiger partial charge in [-0.3, -0.25) is 9.52 Å². The first-order valence-electron chi connectivity index (χ1n) is 9.20. The first-order valence-corrected chi connectivity index (χ1v) is 11.1. The van der Waals surface area contributed by atoms with Gasteiger partial charge in [0.15, 0.2) is 0 Å². The molecule has 0 saturated carbocycles. The van der Waals surface area contributed by atoms with Crippen LogP contribution in [0.1, 0.15) is 15.9 Å². The second kappa shape index (κ2) is 9.72. The Morgan fingerprint density at radius 3 is 2.45 bits per heavy atom. The molecule has 0 spiro atoms. The summed E-state index contributed by atoms with van der Waals surface area (Å²) in [6.07, 6.45) is 0. The second-order valence-electron chi connectivity index (χ2n) is 6.48. The van der Waals surface area contributed by atoms with Crippen LogP contribution in [0, 0.1) is 0 Å². The third-order valence-corrected chi connectivity index (χ3v) is 6.04. The van der Waals surface area contributed by atoms with Gasteiger partial charge in [0.1, 0.15) is 16.4 Å². The molecule has 7 nitrogen and oxygen atoms in total. The molecule has 0 atom stereocenters. The van der Waals surface area contributed by atoms with E-state index in [1.165, 1.54) is 38.5 Å². The van der Waals surface area contributed by atoms with Crippen LogP contribution in [0.5, 0.6) is 11.5 Å². The number of halogens is 1. The van der Waals surface area contributed by atoms with E-state index >= 15 is 0 Å². The highest BCUT2D eigenvalue weighted by Crippen LogP contribution is 2.30. The molecule has 162 valence electrons. The summed E-state index contributed by atoms with van der Waals surface area (Å²) >= 11 is 5.97. The Morgan fingerprint density at radius 1 is 0.968 bits per heavy atom. The maximum atomic E-state index is 13.0. The van der Waals surface area contributed by atoms with E-state index in [4.69, 9.17) is 21.1 Å². The van der Waals surface area contributed by atoms with Crippen molar-refractivity contribution in [3.8, 4) is 11.5 Å². The lowest BCUT2D eigenvalue weighted by atomic mass is 10.1. The van der Waals surface area contributed by atoms with Gasteiger partial charge in [-0.05, 0) is 42.0 Å². The SMILES string of the molecule is COc1ccc(OC)c(S(=O)(=O)Nc2ccccc2C(=O)NCc2cccc(Cl)c2)c1. The molecule has 0 fully saturated rings. The van der Waals surface area contributed by atoms with E-state index in [-0.39, 0.29) is 28.4 Å². The number of nitrogens with one attached hydrogen (secondary N) is 2. The van der Waals surface area contributed by atoms with Crippen LogP contribution in [0.15, 0.2) is 71.6 Å². The summed E-state index contributed by atoms with van der Waals surface area (Å²) < 4.78 is 38.9. The maximum absolute atomic E-state index is 13.0. The minimum atomic E-state index is -4.07. The summed E-state index contributed by atoms with van der Waals surface area (Å²) in [5, 5.41) is 3.33. The molecule has 0 aromatic heterocycles. The lowest BCUT2D eigenvalue weighted by Crippen LogP contribution is -2.25. The average molecular weight is 461 g/mol. The van der Waals surface area contributed by atoms with Crippen LogP contribution < -0.4 is 19.5 Å². The Morgan fingerprint density at radius 2 is 1.74 bits per heavy atom. The van der Waals surface area contributed by atoms with Gasteiger partial charge in [-0.25, -0.2) is 8.42 Å². The maximum Gasteiger partial charge on any atom is 0.265 e. The molecule has 0 radical (unpaired) electrons. The number of methoxy groups -OCH3 is 2. The van der Waals surface area contributed by atoms with Crippen molar-refractivity contribution < 1.29 is 22.7 Å². The minimum Gasteiger partial charge on any atom is -0.497 e.